The Labute approximate surface area is 134 Å². The average Bonchev–Trinajstić information content (AvgIpc) is 2.82. The number of amides is 2. The number of rotatable bonds is 4. The number of benzene rings is 2. The maximum absolute atomic E-state index is 12.7. The molecule has 1 atom stereocenters. The van der Waals surface area contributed by atoms with E-state index in [1.54, 1.807) is 48.5 Å². The second-order valence-corrected chi connectivity index (χ2v) is 5.42. The molecule has 3 rings (SSSR count). The SMILES string of the molecule is C=C(C(C)=O)C(c1ccccc1)N1C(=O)c2ccccc2C1=O. The van der Waals surface area contributed by atoms with Crippen molar-refractivity contribution in [1.82, 2.24) is 4.90 Å². The third-order valence-electron chi connectivity index (χ3n) is 3.98. The van der Waals surface area contributed by atoms with E-state index in [1.165, 1.54) is 6.92 Å². The number of ketones is 1. The number of carbonyl (C=O) groups excluding carboxylic acids is 3. The van der Waals surface area contributed by atoms with Crippen LogP contribution in [-0.4, -0.2) is 22.5 Å². The van der Waals surface area contributed by atoms with Crippen LogP contribution in [-0.2, 0) is 4.79 Å². The number of hydrogen-bond acceptors (Lipinski definition) is 3. The molecule has 0 aromatic heterocycles. The van der Waals surface area contributed by atoms with Gasteiger partial charge >= 0.3 is 0 Å². The second kappa shape index (κ2) is 5.65. The van der Waals surface area contributed by atoms with Gasteiger partial charge < -0.3 is 0 Å². The van der Waals surface area contributed by atoms with Gasteiger partial charge in [-0.3, -0.25) is 19.3 Å². The fourth-order valence-corrected chi connectivity index (χ4v) is 2.78. The molecule has 0 N–H and O–H groups in total. The van der Waals surface area contributed by atoms with E-state index in [9.17, 15) is 14.4 Å². The van der Waals surface area contributed by atoms with E-state index >= 15 is 0 Å². The van der Waals surface area contributed by atoms with Gasteiger partial charge in [0.2, 0.25) is 0 Å². The number of hydrogen-bond donors (Lipinski definition) is 0. The number of nitrogens with zero attached hydrogens (tertiary/aromatic N) is 1. The van der Waals surface area contributed by atoms with Crippen LogP contribution < -0.4 is 0 Å². The van der Waals surface area contributed by atoms with Crippen LogP contribution in [0, 0.1) is 0 Å². The Morgan fingerprint density at radius 1 is 0.913 bits per heavy atom. The molecule has 0 saturated carbocycles. The van der Waals surface area contributed by atoms with Crippen molar-refractivity contribution in [1.29, 1.82) is 0 Å². The summed E-state index contributed by atoms with van der Waals surface area (Å²) in [5.41, 5.74) is 1.61. The first-order chi connectivity index (χ1) is 11.0. The zero-order valence-corrected chi connectivity index (χ0v) is 12.7. The molecule has 0 fully saturated rings. The second-order valence-electron chi connectivity index (χ2n) is 5.42. The Balaban J connectivity index is 2.12. The van der Waals surface area contributed by atoms with Gasteiger partial charge in [0.25, 0.3) is 11.8 Å². The molecule has 0 spiro atoms. The third kappa shape index (κ3) is 2.38. The lowest BCUT2D eigenvalue weighted by Gasteiger charge is -2.27. The van der Waals surface area contributed by atoms with E-state index in [-0.39, 0.29) is 11.4 Å². The maximum atomic E-state index is 12.7. The summed E-state index contributed by atoms with van der Waals surface area (Å²) >= 11 is 0. The van der Waals surface area contributed by atoms with Crippen molar-refractivity contribution in [2.45, 2.75) is 13.0 Å². The summed E-state index contributed by atoms with van der Waals surface area (Å²) in [6.07, 6.45) is 0. The largest absolute Gasteiger partial charge is 0.295 e. The molecular weight excluding hydrogens is 290 g/mol. The van der Waals surface area contributed by atoms with Crippen LogP contribution in [0.3, 0.4) is 0 Å². The van der Waals surface area contributed by atoms with Gasteiger partial charge in [-0.15, -0.1) is 0 Å². The molecule has 23 heavy (non-hydrogen) atoms. The molecule has 1 unspecified atom stereocenters. The van der Waals surface area contributed by atoms with Crippen molar-refractivity contribution in [3.05, 3.63) is 83.4 Å². The van der Waals surface area contributed by atoms with E-state index in [0.29, 0.717) is 16.7 Å². The quantitative estimate of drug-likeness (QED) is 0.644. The minimum absolute atomic E-state index is 0.214. The van der Waals surface area contributed by atoms with Crippen LogP contribution in [0.15, 0.2) is 66.7 Å². The lowest BCUT2D eigenvalue weighted by atomic mass is 9.96. The first-order valence-corrected chi connectivity index (χ1v) is 7.24. The van der Waals surface area contributed by atoms with Gasteiger partial charge in [0.15, 0.2) is 5.78 Å². The molecule has 114 valence electrons. The monoisotopic (exact) mass is 305 g/mol. The molecule has 0 saturated heterocycles. The molecule has 2 aromatic carbocycles. The van der Waals surface area contributed by atoms with Crippen molar-refractivity contribution >= 4 is 17.6 Å². The first-order valence-electron chi connectivity index (χ1n) is 7.24. The van der Waals surface area contributed by atoms with Gasteiger partial charge in [-0.05, 0) is 24.6 Å². The average molecular weight is 305 g/mol. The van der Waals surface area contributed by atoms with E-state index in [0.717, 1.165) is 4.90 Å². The number of Topliss-reactive ketones (excluding diaryl/α,β-unsaturated/α-hetero) is 1. The van der Waals surface area contributed by atoms with E-state index in [2.05, 4.69) is 6.58 Å². The van der Waals surface area contributed by atoms with Gasteiger partial charge in [-0.2, -0.15) is 0 Å². The molecule has 4 heteroatoms. The molecule has 2 aromatic rings. The summed E-state index contributed by atoms with van der Waals surface area (Å²) in [6, 6.07) is 14.9. The van der Waals surface area contributed by atoms with Crippen molar-refractivity contribution in [3.8, 4) is 0 Å². The van der Waals surface area contributed by atoms with Crippen LogP contribution >= 0.6 is 0 Å². The zero-order valence-electron chi connectivity index (χ0n) is 12.7. The van der Waals surface area contributed by atoms with Crippen LogP contribution in [0.25, 0.3) is 0 Å². The van der Waals surface area contributed by atoms with Crippen LogP contribution in [0.2, 0.25) is 0 Å². The van der Waals surface area contributed by atoms with Crippen molar-refractivity contribution in [3.63, 3.8) is 0 Å². The first kappa shape index (κ1) is 14.9. The van der Waals surface area contributed by atoms with E-state index in [4.69, 9.17) is 0 Å². The molecule has 1 aliphatic rings. The fraction of sp³-hybridized carbons (Fsp3) is 0.105. The molecule has 4 nitrogen and oxygen atoms in total. The normalized spacial score (nSPS) is 14.6. The smallest absolute Gasteiger partial charge is 0.262 e. The summed E-state index contributed by atoms with van der Waals surface area (Å²) < 4.78 is 0. The van der Waals surface area contributed by atoms with Gasteiger partial charge in [0.05, 0.1) is 17.2 Å². The lowest BCUT2D eigenvalue weighted by Crippen LogP contribution is -2.36. The summed E-state index contributed by atoms with van der Waals surface area (Å²) in [7, 11) is 0. The summed E-state index contributed by atoms with van der Waals surface area (Å²) in [6.45, 7) is 5.20. The van der Waals surface area contributed by atoms with E-state index in [1.807, 2.05) is 6.07 Å². The summed E-state index contributed by atoms with van der Waals surface area (Å²) in [5.74, 6) is -1.06. The minimum Gasteiger partial charge on any atom is -0.295 e. The van der Waals surface area contributed by atoms with E-state index < -0.39 is 17.9 Å². The molecule has 0 radical (unpaired) electrons. The molecule has 1 aliphatic heterocycles. The van der Waals surface area contributed by atoms with Crippen LogP contribution in [0.4, 0.5) is 0 Å². The highest BCUT2D eigenvalue weighted by atomic mass is 16.2. The fourth-order valence-electron chi connectivity index (χ4n) is 2.78. The predicted molar refractivity (Wildman–Crippen MR) is 85.9 cm³/mol. The highest BCUT2D eigenvalue weighted by molar-refractivity contribution is 6.22. The highest BCUT2D eigenvalue weighted by Crippen LogP contribution is 2.35. The van der Waals surface area contributed by atoms with Crippen molar-refractivity contribution in [2.75, 3.05) is 0 Å². The summed E-state index contributed by atoms with van der Waals surface area (Å²) in [5, 5.41) is 0. The van der Waals surface area contributed by atoms with Crippen LogP contribution in [0.1, 0.15) is 39.2 Å². The Morgan fingerprint density at radius 2 is 1.39 bits per heavy atom. The molecule has 0 aliphatic carbocycles. The molecular formula is C19H15NO3. The number of fused-ring (bicyclic) bond motifs is 1. The van der Waals surface area contributed by atoms with Crippen molar-refractivity contribution in [2.24, 2.45) is 0 Å². The maximum Gasteiger partial charge on any atom is 0.262 e. The lowest BCUT2D eigenvalue weighted by molar-refractivity contribution is -0.114. The minimum atomic E-state index is -0.791. The Bertz CT molecular complexity index is 789. The zero-order chi connectivity index (χ0) is 16.6. The van der Waals surface area contributed by atoms with Gasteiger partial charge in [0, 0.05) is 5.57 Å². The molecule has 0 bridgehead atoms. The number of carbonyl (C=O) groups is 3. The van der Waals surface area contributed by atoms with Crippen molar-refractivity contribution < 1.29 is 14.4 Å². The third-order valence-corrected chi connectivity index (χ3v) is 3.98. The Hall–Kier alpha value is -3.01. The predicted octanol–water partition coefficient (Wildman–Crippen LogP) is 3.17. The topological polar surface area (TPSA) is 54.5 Å². The molecule has 1 heterocycles. The Morgan fingerprint density at radius 3 is 1.87 bits per heavy atom. The van der Waals surface area contributed by atoms with Gasteiger partial charge in [-0.25, -0.2) is 0 Å². The van der Waals surface area contributed by atoms with Gasteiger partial charge in [-0.1, -0.05) is 49.0 Å². The van der Waals surface area contributed by atoms with Gasteiger partial charge in [0.1, 0.15) is 0 Å². The standard InChI is InChI=1S/C19H15NO3/c1-12(13(2)21)17(14-8-4-3-5-9-14)20-18(22)15-10-6-7-11-16(15)19(20)23/h3-11,17H,1H2,2H3. The Kier molecular flexibility index (Phi) is 3.66. The molecule has 2 amide bonds. The number of imide groups is 1. The highest BCUT2D eigenvalue weighted by Gasteiger charge is 2.41. The summed E-state index contributed by atoms with van der Waals surface area (Å²) in [4.78, 5) is 38.4. The van der Waals surface area contributed by atoms with Crippen LogP contribution in [0.5, 0.6) is 0 Å².